The molecule has 0 aliphatic rings. The smallest absolute Gasteiger partial charge is 0.157 e. The highest BCUT2D eigenvalue weighted by Crippen LogP contribution is 2.26. The van der Waals surface area contributed by atoms with Gasteiger partial charge in [-0.1, -0.05) is 12.1 Å². The molecule has 26 heavy (non-hydrogen) atoms. The molecule has 1 N–H and O–H groups in total. The van der Waals surface area contributed by atoms with Gasteiger partial charge in [0.15, 0.2) is 11.5 Å². The number of aryl methyl sites for hydroxylation is 1. The fourth-order valence-corrected chi connectivity index (χ4v) is 2.95. The number of aromatic nitrogens is 6. The van der Waals surface area contributed by atoms with Crippen molar-refractivity contribution in [3.05, 3.63) is 60.6 Å². The van der Waals surface area contributed by atoms with Gasteiger partial charge in [0, 0.05) is 24.2 Å². The van der Waals surface area contributed by atoms with Crippen molar-refractivity contribution in [2.45, 2.75) is 26.4 Å². The molecular formula is C18H18FN7. The van der Waals surface area contributed by atoms with Crippen molar-refractivity contribution in [1.82, 2.24) is 29.4 Å². The van der Waals surface area contributed by atoms with E-state index < -0.39 is 0 Å². The van der Waals surface area contributed by atoms with Gasteiger partial charge in [-0.05, 0) is 26.0 Å². The first-order chi connectivity index (χ1) is 12.7. The predicted octanol–water partition coefficient (Wildman–Crippen LogP) is 3.32. The van der Waals surface area contributed by atoms with Gasteiger partial charge in [0.2, 0.25) is 0 Å². The number of rotatable bonds is 5. The first kappa shape index (κ1) is 16.2. The van der Waals surface area contributed by atoms with Crippen LogP contribution in [0.3, 0.4) is 0 Å². The second kappa shape index (κ2) is 6.55. The lowest BCUT2D eigenvalue weighted by molar-refractivity contribution is 0.630. The second-order valence-electron chi connectivity index (χ2n) is 5.95. The maximum absolute atomic E-state index is 14.2. The molecule has 1 aromatic carbocycles. The summed E-state index contributed by atoms with van der Waals surface area (Å²) in [5.74, 6) is 1.21. The van der Waals surface area contributed by atoms with E-state index in [2.05, 4.69) is 25.6 Å². The summed E-state index contributed by atoms with van der Waals surface area (Å²) in [4.78, 5) is 4.52. The number of nitrogens with zero attached hydrogens (tertiary/aromatic N) is 6. The Morgan fingerprint density at radius 3 is 2.88 bits per heavy atom. The lowest BCUT2D eigenvalue weighted by atomic mass is 10.1. The first-order valence-corrected chi connectivity index (χ1v) is 8.41. The lowest BCUT2D eigenvalue weighted by Crippen LogP contribution is -2.15. The standard InChI is InChI=1S/C18H18FN7/c1-3-25-11-20-24-18(25)12(2)22-17-10-15(13-6-4-5-7-14(13)19)23-16-8-9-21-26(16)17/h4-12,22H,3H2,1-2H3. The highest BCUT2D eigenvalue weighted by atomic mass is 19.1. The number of hydrogen-bond acceptors (Lipinski definition) is 5. The molecule has 0 amide bonds. The fourth-order valence-electron chi connectivity index (χ4n) is 2.95. The Morgan fingerprint density at radius 2 is 2.08 bits per heavy atom. The van der Waals surface area contributed by atoms with Gasteiger partial charge in [-0.25, -0.2) is 9.37 Å². The molecule has 0 radical (unpaired) electrons. The van der Waals surface area contributed by atoms with Crippen LogP contribution in [-0.2, 0) is 6.54 Å². The third-order valence-electron chi connectivity index (χ3n) is 4.25. The van der Waals surface area contributed by atoms with Crippen LogP contribution in [-0.4, -0.2) is 29.4 Å². The van der Waals surface area contributed by atoms with E-state index >= 15 is 0 Å². The average molecular weight is 351 g/mol. The average Bonchev–Trinajstić information content (AvgIpc) is 3.31. The van der Waals surface area contributed by atoms with Crippen molar-refractivity contribution in [2.24, 2.45) is 0 Å². The molecule has 7 nitrogen and oxygen atoms in total. The number of nitrogens with one attached hydrogen (secondary N) is 1. The summed E-state index contributed by atoms with van der Waals surface area (Å²) in [5, 5.41) is 15.9. The molecule has 1 atom stereocenters. The molecule has 4 aromatic rings. The van der Waals surface area contributed by atoms with E-state index in [-0.39, 0.29) is 11.9 Å². The Morgan fingerprint density at radius 1 is 1.23 bits per heavy atom. The number of hydrogen-bond donors (Lipinski definition) is 1. The maximum Gasteiger partial charge on any atom is 0.157 e. The Bertz CT molecular complexity index is 1050. The topological polar surface area (TPSA) is 72.9 Å². The summed E-state index contributed by atoms with van der Waals surface area (Å²) >= 11 is 0. The first-order valence-electron chi connectivity index (χ1n) is 8.41. The molecule has 0 aliphatic carbocycles. The second-order valence-corrected chi connectivity index (χ2v) is 5.95. The summed E-state index contributed by atoms with van der Waals surface area (Å²) in [6.07, 6.45) is 3.37. The van der Waals surface area contributed by atoms with Crippen molar-refractivity contribution in [1.29, 1.82) is 0 Å². The van der Waals surface area contributed by atoms with E-state index in [1.165, 1.54) is 6.07 Å². The molecule has 1 unspecified atom stereocenters. The normalized spacial score (nSPS) is 12.4. The number of fused-ring (bicyclic) bond motifs is 1. The highest BCUT2D eigenvalue weighted by molar-refractivity contribution is 5.67. The minimum Gasteiger partial charge on any atom is -0.360 e. The fraction of sp³-hybridized carbons (Fsp3) is 0.222. The van der Waals surface area contributed by atoms with E-state index in [0.717, 1.165) is 12.4 Å². The minimum atomic E-state index is -0.311. The van der Waals surface area contributed by atoms with Gasteiger partial charge in [0.25, 0.3) is 0 Å². The van der Waals surface area contributed by atoms with Crippen LogP contribution in [0.5, 0.6) is 0 Å². The van der Waals surface area contributed by atoms with Crippen molar-refractivity contribution in [2.75, 3.05) is 5.32 Å². The van der Waals surface area contributed by atoms with E-state index in [1.54, 1.807) is 47.4 Å². The van der Waals surface area contributed by atoms with Crippen LogP contribution < -0.4 is 5.32 Å². The van der Waals surface area contributed by atoms with Gasteiger partial charge in [-0.2, -0.15) is 9.61 Å². The summed E-state index contributed by atoms with van der Waals surface area (Å²) in [6.45, 7) is 4.81. The van der Waals surface area contributed by atoms with Gasteiger partial charge in [-0.15, -0.1) is 10.2 Å². The maximum atomic E-state index is 14.2. The van der Waals surface area contributed by atoms with Gasteiger partial charge >= 0.3 is 0 Å². The zero-order valence-electron chi connectivity index (χ0n) is 14.5. The van der Waals surface area contributed by atoms with Crippen LogP contribution in [0.2, 0.25) is 0 Å². The molecule has 0 aliphatic heterocycles. The van der Waals surface area contributed by atoms with Crippen LogP contribution in [0.25, 0.3) is 16.9 Å². The Kier molecular flexibility index (Phi) is 4.08. The minimum absolute atomic E-state index is 0.110. The molecule has 0 saturated carbocycles. The molecule has 0 saturated heterocycles. The molecular weight excluding hydrogens is 333 g/mol. The summed E-state index contributed by atoms with van der Waals surface area (Å²) in [5.41, 5.74) is 1.63. The van der Waals surface area contributed by atoms with Gasteiger partial charge in [0.1, 0.15) is 18.0 Å². The van der Waals surface area contributed by atoms with Crippen LogP contribution in [0.1, 0.15) is 25.7 Å². The van der Waals surface area contributed by atoms with E-state index in [4.69, 9.17) is 0 Å². The summed E-state index contributed by atoms with van der Waals surface area (Å²) < 4.78 is 17.9. The monoisotopic (exact) mass is 351 g/mol. The van der Waals surface area contributed by atoms with Crippen LogP contribution in [0, 0.1) is 5.82 Å². The third-order valence-corrected chi connectivity index (χ3v) is 4.25. The zero-order chi connectivity index (χ0) is 18.1. The van der Waals surface area contributed by atoms with Crippen LogP contribution in [0.4, 0.5) is 10.2 Å². The Hall–Kier alpha value is -3.29. The third kappa shape index (κ3) is 2.79. The molecule has 8 heteroatoms. The molecule has 3 aromatic heterocycles. The van der Waals surface area contributed by atoms with Crippen LogP contribution >= 0.6 is 0 Å². The summed E-state index contributed by atoms with van der Waals surface area (Å²) in [7, 11) is 0. The highest BCUT2D eigenvalue weighted by Gasteiger charge is 2.16. The largest absolute Gasteiger partial charge is 0.360 e. The Balaban J connectivity index is 1.77. The van der Waals surface area contributed by atoms with Crippen molar-refractivity contribution in [3.63, 3.8) is 0 Å². The lowest BCUT2D eigenvalue weighted by Gasteiger charge is -2.17. The zero-order valence-corrected chi connectivity index (χ0v) is 14.5. The summed E-state index contributed by atoms with van der Waals surface area (Å²) in [6, 6.07) is 10.1. The van der Waals surface area contributed by atoms with E-state index in [9.17, 15) is 4.39 Å². The van der Waals surface area contributed by atoms with E-state index in [1.807, 2.05) is 18.4 Å². The Labute approximate surface area is 149 Å². The van der Waals surface area contributed by atoms with Crippen molar-refractivity contribution in [3.8, 4) is 11.3 Å². The van der Waals surface area contributed by atoms with Gasteiger partial charge in [0.05, 0.1) is 17.9 Å². The SMILES string of the molecule is CCn1cnnc1C(C)Nc1cc(-c2ccccc2F)nc2ccnn12. The molecule has 3 heterocycles. The van der Waals surface area contributed by atoms with Gasteiger partial charge < -0.3 is 9.88 Å². The predicted molar refractivity (Wildman–Crippen MR) is 96.1 cm³/mol. The van der Waals surface area contributed by atoms with Crippen molar-refractivity contribution >= 4 is 11.5 Å². The van der Waals surface area contributed by atoms with Crippen molar-refractivity contribution < 1.29 is 4.39 Å². The quantitative estimate of drug-likeness (QED) is 0.597. The molecule has 0 fully saturated rings. The molecule has 0 spiro atoms. The number of anilines is 1. The molecule has 132 valence electrons. The molecule has 0 bridgehead atoms. The van der Waals surface area contributed by atoms with Gasteiger partial charge in [-0.3, -0.25) is 0 Å². The van der Waals surface area contributed by atoms with E-state index in [0.29, 0.717) is 22.7 Å². The molecule has 4 rings (SSSR count). The number of benzene rings is 1. The number of halogens is 1. The van der Waals surface area contributed by atoms with Crippen LogP contribution in [0.15, 0.2) is 48.9 Å².